The Morgan fingerprint density at radius 2 is 0.771 bits per heavy atom. The molecule has 206 valence electrons. The van der Waals surface area contributed by atoms with E-state index in [4.69, 9.17) is 0 Å². The zero-order valence-corrected chi connectivity index (χ0v) is 24.4. The van der Waals surface area contributed by atoms with E-state index in [0.717, 1.165) is 0 Å². The summed E-state index contributed by atoms with van der Waals surface area (Å²) in [5.74, 6) is 0. The topological polar surface area (TPSA) is 8.81 Å². The normalized spacial score (nSPS) is 11.5. The fourth-order valence-corrected chi connectivity index (χ4v) is 5.33. The molecule has 1 aromatic rings. The number of aromatic nitrogens is 2. The lowest BCUT2D eigenvalue weighted by molar-refractivity contribution is -0.696. The van der Waals surface area contributed by atoms with Gasteiger partial charge in [0.2, 0.25) is 6.33 Å². The summed E-state index contributed by atoms with van der Waals surface area (Å²) in [5.41, 5.74) is 0. The maximum absolute atomic E-state index is 2.40. The maximum Gasteiger partial charge on any atom is 0.243 e. The van der Waals surface area contributed by atoms with Gasteiger partial charge in [-0.3, -0.25) is 0 Å². The van der Waals surface area contributed by atoms with E-state index in [1.165, 1.54) is 180 Å². The first kappa shape index (κ1) is 32.2. The fraction of sp³-hybridized carbons (Fsp3) is 0.909. The molecule has 2 nitrogen and oxygen atoms in total. The molecule has 0 spiro atoms. The third kappa shape index (κ3) is 22.2. The van der Waals surface area contributed by atoms with Crippen molar-refractivity contribution in [3.63, 3.8) is 0 Å². The van der Waals surface area contributed by atoms with Crippen LogP contribution in [0.2, 0.25) is 0 Å². The lowest BCUT2D eigenvalue weighted by Crippen LogP contribution is -2.30. The van der Waals surface area contributed by atoms with Crippen LogP contribution in [0.25, 0.3) is 0 Å². The summed E-state index contributed by atoms with van der Waals surface area (Å²) < 4.78 is 4.81. The van der Waals surface area contributed by atoms with Gasteiger partial charge in [-0.15, -0.1) is 0 Å². The van der Waals surface area contributed by atoms with Crippen LogP contribution in [0.1, 0.15) is 181 Å². The van der Waals surface area contributed by atoms with Gasteiger partial charge in [-0.05, 0) is 25.7 Å². The molecule has 0 aliphatic carbocycles. The molecule has 1 heterocycles. The van der Waals surface area contributed by atoms with Crippen molar-refractivity contribution in [3.8, 4) is 0 Å². The molecule has 0 N–H and O–H groups in total. The first-order valence-electron chi connectivity index (χ1n) is 16.4. The Bertz CT molecular complexity index is 521. The molecule has 1 rings (SSSR count). The van der Waals surface area contributed by atoms with Crippen LogP contribution in [0.4, 0.5) is 0 Å². The van der Waals surface area contributed by atoms with Gasteiger partial charge in [0.15, 0.2) is 0 Å². The van der Waals surface area contributed by atoms with Crippen LogP contribution in [-0.4, -0.2) is 4.57 Å². The highest BCUT2D eigenvalue weighted by Crippen LogP contribution is 2.14. The molecular weight excluding hydrogens is 424 g/mol. The standard InChI is InChI=1S/C33H65N2/c1-3-5-7-9-11-13-15-16-17-18-20-22-24-26-28-30-35-32-31-34(33-35)29-27-25-23-21-19-14-12-10-8-6-4-2/h31-33H,3-30H2,1-2H3/q+1. The monoisotopic (exact) mass is 490 g/mol. The van der Waals surface area contributed by atoms with E-state index in [1.54, 1.807) is 0 Å². The highest BCUT2D eigenvalue weighted by atomic mass is 15.1. The van der Waals surface area contributed by atoms with E-state index in [9.17, 15) is 0 Å². The average molecular weight is 490 g/mol. The Balaban J connectivity index is 1.81. The second kappa shape index (κ2) is 26.3. The van der Waals surface area contributed by atoms with Gasteiger partial charge in [0, 0.05) is 0 Å². The van der Waals surface area contributed by atoms with Crippen LogP contribution in [0, 0.1) is 0 Å². The van der Waals surface area contributed by atoms with Crippen LogP contribution in [-0.2, 0) is 13.1 Å². The molecule has 0 saturated heterocycles. The number of imidazole rings is 1. The van der Waals surface area contributed by atoms with Crippen LogP contribution in [0.15, 0.2) is 18.7 Å². The molecule has 0 saturated carbocycles. The molecular formula is C33H65N2+. The molecule has 2 heteroatoms. The number of hydrogen-bond donors (Lipinski definition) is 0. The molecule has 0 amide bonds. The Morgan fingerprint density at radius 1 is 0.429 bits per heavy atom. The first-order chi connectivity index (χ1) is 17.4. The van der Waals surface area contributed by atoms with E-state index in [1.807, 2.05) is 0 Å². The molecule has 0 fully saturated rings. The van der Waals surface area contributed by atoms with Gasteiger partial charge in [0.1, 0.15) is 12.4 Å². The van der Waals surface area contributed by atoms with Gasteiger partial charge < -0.3 is 0 Å². The van der Waals surface area contributed by atoms with E-state index in [0.29, 0.717) is 0 Å². The molecule has 0 bridgehead atoms. The van der Waals surface area contributed by atoms with Crippen molar-refractivity contribution >= 4 is 0 Å². The predicted octanol–water partition coefficient (Wildman–Crippen LogP) is 11.0. The Morgan fingerprint density at radius 3 is 1.17 bits per heavy atom. The minimum absolute atomic E-state index is 1.20. The zero-order valence-electron chi connectivity index (χ0n) is 24.4. The third-order valence-electron chi connectivity index (χ3n) is 7.79. The van der Waals surface area contributed by atoms with Crippen LogP contribution < -0.4 is 4.57 Å². The summed E-state index contributed by atoms with van der Waals surface area (Å²) in [6.45, 7) is 7.00. The predicted molar refractivity (Wildman–Crippen MR) is 156 cm³/mol. The summed E-state index contributed by atoms with van der Waals surface area (Å²) in [6, 6.07) is 0. The van der Waals surface area contributed by atoms with Gasteiger partial charge in [-0.25, -0.2) is 9.13 Å². The average Bonchev–Trinajstić information content (AvgIpc) is 3.32. The van der Waals surface area contributed by atoms with Crippen molar-refractivity contribution < 1.29 is 4.57 Å². The highest BCUT2D eigenvalue weighted by molar-refractivity contribution is 4.66. The largest absolute Gasteiger partial charge is 0.243 e. The minimum Gasteiger partial charge on any atom is -0.237 e. The highest BCUT2D eigenvalue weighted by Gasteiger charge is 2.03. The molecule has 0 unspecified atom stereocenters. The van der Waals surface area contributed by atoms with Crippen molar-refractivity contribution in [2.45, 2.75) is 194 Å². The van der Waals surface area contributed by atoms with Crippen LogP contribution in [0.3, 0.4) is 0 Å². The lowest BCUT2D eigenvalue weighted by Gasteiger charge is -2.03. The molecule has 0 aliphatic heterocycles. The summed E-state index contributed by atoms with van der Waals surface area (Å²) in [4.78, 5) is 0. The number of unbranched alkanes of at least 4 members (excludes halogenated alkanes) is 24. The third-order valence-corrected chi connectivity index (χ3v) is 7.79. The first-order valence-corrected chi connectivity index (χ1v) is 16.4. The van der Waals surface area contributed by atoms with Crippen molar-refractivity contribution in [1.82, 2.24) is 4.57 Å². The molecule has 0 atom stereocenters. The lowest BCUT2D eigenvalue weighted by atomic mass is 10.0. The number of nitrogens with zero attached hydrogens (tertiary/aromatic N) is 2. The van der Waals surface area contributed by atoms with Gasteiger partial charge in [0.05, 0.1) is 13.1 Å². The van der Waals surface area contributed by atoms with Gasteiger partial charge in [-0.2, -0.15) is 0 Å². The molecule has 35 heavy (non-hydrogen) atoms. The van der Waals surface area contributed by atoms with Crippen molar-refractivity contribution in [2.75, 3.05) is 0 Å². The van der Waals surface area contributed by atoms with Crippen molar-refractivity contribution in [1.29, 1.82) is 0 Å². The van der Waals surface area contributed by atoms with Gasteiger partial charge in [0.25, 0.3) is 0 Å². The van der Waals surface area contributed by atoms with Crippen LogP contribution >= 0.6 is 0 Å². The number of aryl methyl sites for hydroxylation is 2. The van der Waals surface area contributed by atoms with Crippen LogP contribution in [0.5, 0.6) is 0 Å². The smallest absolute Gasteiger partial charge is 0.237 e. The van der Waals surface area contributed by atoms with E-state index in [2.05, 4.69) is 41.7 Å². The molecule has 0 aromatic carbocycles. The minimum atomic E-state index is 1.20. The maximum atomic E-state index is 2.40. The summed E-state index contributed by atoms with van der Waals surface area (Å²) in [7, 11) is 0. The molecule has 0 aliphatic rings. The zero-order chi connectivity index (χ0) is 25.1. The Labute approximate surface area is 221 Å². The summed E-state index contributed by atoms with van der Waals surface area (Å²) in [6.07, 6.45) is 44.2. The second-order valence-electron chi connectivity index (χ2n) is 11.4. The van der Waals surface area contributed by atoms with E-state index in [-0.39, 0.29) is 0 Å². The SMILES string of the molecule is CCCCCCCCCCCCCCCCCn1cc[n+](CCCCCCCCCCCCC)c1. The second-order valence-corrected chi connectivity index (χ2v) is 11.4. The van der Waals surface area contributed by atoms with E-state index >= 15 is 0 Å². The summed E-state index contributed by atoms with van der Waals surface area (Å²) >= 11 is 0. The fourth-order valence-electron chi connectivity index (χ4n) is 5.33. The number of rotatable bonds is 28. The quantitative estimate of drug-likeness (QED) is 0.0817. The molecule has 0 radical (unpaired) electrons. The number of hydrogen-bond acceptors (Lipinski definition) is 0. The van der Waals surface area contributed by atoms with E-state index < -0.39 is 0 Å². The Kier molecular flexibility index (Phi) is 24.2. The van der Waals surface area contributed by atoms with Crippen molar-refractivity contribution in [2.24, 2.45) is 0 Å². The molecule has 1 aromatic heterocycles. The van der Waals surface area contributed by atoms with Gasteiger partial charge in [-0.1, -0.05) is 155 Å². The van der Waals surface area contributed by atoms with Gasteiger partial charge >= 0.3 is 0 Å². The van der Waals surface area contributed by atoms with Crippen molar-refractivity contribution in [3.05, 3.63) is 18.7 Å². The summed E-state index contributed by atoms with van der Waals surface area (Å²) in [5, 5.41) is 0. The Hall–Kier alpha value is -0.790.